The first-order chi connectivity index (χ1) is 18.7. The zero-order chi connectivity index (χ0) is 28.7. The Morgan fingerprint density at radius 3 is 1.95 bits per heavy atom. The first kappa shape index (κ1) is 32.9. The van der Waals surface area contributed by atoms with Crippen LogP contribution in [0.25, 0.3) is 0 Å². The lowest BCUT2D eigenvalue weighted by Crippen LogP contribution is -2.36. The number of carboxylic acids is 1. The Kier molecular flexibility index (Phi) is 14.7. The molecular weight excluding hydrogens is 530 g/mol. The fourth-order valence-electron chi connectivity index (χ4n) is 4.59. The van der Waals surface area contributed by atoms with Gasteiger partial charge in [-0.2, -0.15) is 0 Å². The number of unbranched alkanes of at least 4 members (excludes halogenated alkanes) is 9. The molecule has 2 rings (SSSR count). The smallest absolute Gasteiger partial charge is 0.307 e. The Hall–Kier alpha value is -2.32. The van der Waals surface area contributed by atoms with Crippen LogP contribution in [0.3, 0.4) is 0 Å². The van der Waals surface area contributed by atoms with Gasteiger partial charge in [0.15, 0.2) is 0 Å². The number of carboxylic acid groups (broad SMARTS) is 1. The van der Waals surface area contributed by atoms with Gasteiger partial charge in [-0.3, -0.25) is 9.59 Å². The van der Waals surface area contributed by atoms with Crippen molar-refractivity contribution < 1.29 is 23.1 Å². The van der Waals surface area contributed by atoms with Crippen molar-refractivity contribution in [1.29, 1.82) is 0 Å². The minimum absolute atomic E-state index is 0.00726. The number of thioether (sulfide) groups is 1. The van der Waals surface area contributed by atoms with Crippen molar-refractivity contribution in [1.82, 2.24) is 4.72 Å². The van der Waals surface area contributed by atoms with Crippen LogP contribution >= 0.6 is 11.8 Å². The summed E-state index contributed by atoms with van der Waals surface area (Å²) in [4.78, 5) is 24.9. The van der Waals surface area contributed by atoms with Gasteiger partial charge in [-0.25, -0.2) is 13.1 Å². The Bertz CT molecular complexity index is 1120. The molecule has 8 heteroatoms. The molecule has 2 N–H and O–H groups in total. The Labute approximate surface area is 239 Å². The summed E-state index contributed by atoms with van der Waals surface area (Å²) >= 11 is 1.19. The number of rotatable bonds is 19. The number of aryl methyl sites for hydroxylation is 1. The maximum absolute atomic E-state index is 12.9. The molecule has 0 saturated heterocycles. The Morgan fingerprint density at radius 1 is 0.821 bits per heavy atom. The molecule has 6 nitrogen and oxygen atoms in total. The molecule has 2 aromatic rings. The average molecular weight is 576 g/mol. The highest BCUT2D eigenvalue weighted by atomic mass is 32.2. The molecule has 0 spiro atoms. The number of sulfonamides is 1. The quantitative estimate of drug-likeness (QED) is 0.168. The Morgan fingerprint density at radius 2 is 1.36 bits per heavy atom. The highest BCUT2D eigenvalue weighted by molar-refractivity contribution is 8.01. The summed E-state index contributed by atoms with van der Waals surface area (Å²) in [6.07, 6.45) is 13.3. The molecule has 0 aliphatic heterocycles. The summed E-state index contributed by atoms with van der Waals surface area (Å²) in [5.74, 6) is -2.38. The summed E-state index contributed by atoms with van der Waals surface area (Å²) in [7, 11) is -4.01. The van der Waals surface area contributed by atoms with Crippen molar-refractivity contribution in [2.45, 2.75) is 107 Å². The molecule has 3 atom stereocenters. The van der Waals surface area contributed by atoms with E-state index in [-0.39, 0.29) is 4.90 Å². The van der Waals surface area contributed by atoms with E-state index in [1.54, 1.807) is 32.0 Å². The molecule has 0 heterocycles. The van der Waals surface area contributed by atoms with Crippen LogP contribution in [0, 0.1) is 5.92 Å². The van der Waals surface area contributed by atoms with Crippen molar-refractivity contribution in [3.05, 3.63) is 65.7 Å². The average Bonchev–Trinajstić information content (AvgIpc) is 2.92. The van der Waals surface area contributed by atoms with Gasteiger partial charge in [0.25, 0.3) is 10.0 Å². The van der Waals surface area contributed by atoms with Gasteiger partial charge >= 0.3 is 5.97 Å². The van der Waals surface area contributed by atoms with Crippen LogP contribution in [-0.2, 0) is 26.0 Å². The minimum Gasteiger partial charge on any atom is -0.481 e. The number of hydrogen-bond acceptors (Lipinski definition) is 5. The predicted octanol–water partition coefficient (Wildman–Crippen LogP) is 7.54. The second-order valence-corrected chi connectivity index (χ2v) is 13.4. The molecule has 0 aromatic heterocycles. The zero-order valence-corrected chi connectivity index (χ0v) is 25.2. The van der Waals surface area contributed by atoms with Crippen LogP contribution in [0.4, 0.5) is 0 Å². The van der Waals surface area contributed by atoms with E-state index in [4.69, 9.17) is 0 Å². The van der Waals surface area contributed by atoms with E-state index in [0.29, 0.717) is 0 Å². The highest BCUT2D eigenvalue weighted by Gasteiger charge is 2.32. The van der Waals surface area contributed by atoms with E-state index in [2.05, 4.69) is 11.6 Å². The van der Waals surface area contributed by atoms with Gasteiger partial charge in [0.1, 0.15) is 0 Å². The van der Waals surface area contributed by atoms with Crippen LogP contribution in [-0.4, -0.2) is 30.7 Å². The lowest BCUT2D eigenvalue weighted by Gasteiger charge is -2.26. The molecule has 0 bridgehead atoms. The second-order valence-electron chi connectivity index (χ2n) is 10.2. The van der Waals surface area contributed by atoms with Crippen molar-refractivity contribution in [3.8, 4) is 0 Å². The van der Waals surface area contributed by atoms with Crippen LogP contribution < -0.4 is 4.72 Å². The third-order valence-electron chi connectivity index (χ3n) is 7.01. The molecule has 3 unspecified atom stereocenters. The highest BCUT2D eigenvalue weighted by Crippen LogP contribution is 2.41. The molecule has 0 aliphatic carbocycles. The number of benzene rings is 2. The number of hydrogen-bond donors (Lipinski definition) is 2. The molecule has 2 aromatic carbocycles. The largest absolute Gasteiger partial charge is 0.481 e. The molecular formula is C31H45NO5S2. The number of carbonyl (C=O) groups is 2. The molecule has 0 aliphatic rings. The van der Waals surface area contributed by atoms with Gasteiger partial charge < -0.3 is 5.11 Å². The molecule has 0 saturated carbocycles. The van der Waals surface area contributed by atoms with Crippen LogP contribution in [0.2, 0.25) is 0 Å². The van der Waals surface area contributed by atoms with Gasteiger partial charge in [-0.1, -0.05) is 114 Å². The maximum atomic E-state index is 12.9. The third-order valence-corrected chi connectivity index (χ3v) is 9.95. The van der Waals surface area contributed by atoms with Gasteiger partial charge in [-0.15, -0.1) is 11.8 Å². The lowest BCUT2D eigenvalue weighted by molar-refractivity contribution is -0.141. The van der Waals surface area contributed by atoms with Crippen LogP contribution in [0.15, 0.2) is 59.5 Å². The van der Waals surface area contributed by atoms with Crippen molar-refractivity contribution in [2.75, 3.05) is 0 Å². The number of carbonyl (C=O) groups excluding carboxylic acids is 1. The summed E-state index contributed by atoms with van der Waals surface area (Å²) in [6, 6.07) is 15.6. The summed E-state index contributed by atoms with van der Waals surface area (Å²) in [5.41, 5.74) is 1.99. The standard InChI is InChI=1S/C31H45NO5S2/c1-4-5-6-7-8-9-10-11-12-14-19-26-20-17-18-23-28(26)29(24(2)31(34)35)38-25(3)30(33)32-39(36,37)27-21-15-13-16-22-27/h13,15-18,20-25,29H,4-12,14,19H2,1-3H3,(H,32,33)(H,34,35). The number of aliphatic carboxylic acids is 1. The van der Waals surface area contributed by atoms with E-state index in [1.165, 1.54) is 75.3 Å². The van der Waals surface area contributed by atoms with Crippen molar-refractivity contribution >= 4 is 33.7 Å². The zero-order valence-electron chi connectivity index (χ0n) is 23.6. The Balaban J connectivity index is 2.01. The summed E-state index contributed by atoms with van der Waals surface area (Å²) in [6.45, 7) is 5.49. The lowest BCUT2D eigenvalue weighted by atomic mass is 9.93. The van der Waals surface area contributed by atoms with Crippen molar-refractivity contribution in [3.63, 3.8) is 0 Å². The predicted molar refractivity (Wildman–Crippen MR) is 160 cm³/mol. The monoisotopic (exact) mass is 575 g/mol. The fraction of sp³-hybridized carbons (Fsp3) is 0.548. The number of nitrogens with one attached hydrogen (secondary N) is 1. The normalized spacial score (nSPS) is 13.9. The molecule has 39 heavy (non-hydrogen) atoms. The van der Waals surface area contributed by atoms with E-state index in [1.807, 2.05) is 24.3 Å². The summed E-state index contributed by atoms with van der Waals surface area (Å²) < 4.78 is 27.4. The van der Waals surface area contributed by atoms with Gasteiger partial charge in [0, 0.05) is 5.25 Å². The fourth-order valence-corrected chi connectivity index (χ4v) is 7.09. The number of amides is 1. The van der Waals surface area contributed by atoms with E-state index < -0.39 is 38.3 Å². The van der Waals surface area contributed by atoms with Gasteiger partial charge in [-0.05, 0) is 43.0 Å². The van der Waals surface area contributed by atoms with E-state index >= 15 is 0 Å². The van der Waals surface area contributed by atoms with Gasteiger partial charge in [0.05, 0.1) is 16.1 Å². The maximum Gasteiger partial charge on any atom is 0.307 e. The topological polar surface area (TPSA) is 101 Å². The molecule has 1 amide bonds. The van der Waals surface area contributed by atoms with Crippen LogP contribution in [0.1, 0.15) is 101 Å². The summed E-state index contributed by atoms with van der Waals surface area (Å²) in [5, 5.41) is 8.57. The van der Waals surface area contributed by atoms with Crippen LogP contribution in [0.5, 0.6) is 0 Å². The van der Waals surface area contributed by atoms with Crippen molar-refractivity contribution in [2.24, 2.45) is 5.92 Å². The first-order valence-corrected chi connectivity index (χ1v) is 16.7. The first-order valence-electron chi connectivity index (χ1n) is 14.2. The third kappa shape index (κ3) is 11.4. The molecule has 216 valence electrons. The van der Waals surface area contributed by atoms with E-state index in [9.17, 15) is 23.1 Å². The minimum atomic E-state index is -4.01. The van der Waals surface area contributed by atoms with Gasteiger partial charge in [0.2, 0.25) is 5.91 Å². The molecule has 0 radical (unpaired) electrons. The molecule has 0 fully saturated rings. The SMILES string of the molecule is CCCCCCCCCCCCc1ccccc1C(SC(C)C(=O)NS(=O)(=O)c1ccccc1)C(C)C(=O)O. The second kappa shape index (κ2) is 17.4. The van der Waals surface area contributed by atoms with E-state index in [0.717, 1.165) is 30.4 Å².